The molecule has 9 nitrogen and oxygen atoms in total. The van der Waals surface area contributed by atoms with E-state index in [-0.39, 0.29) is 10.7 Å². The first-order chi connectivity index (χ1) is 9.40. The molecule has 1 aromatic carbocycles. The van der Waals surface area contributed by atoms with Gasteiger partial charge in [0.25, 0.3) is 0 Å². The Morgan fingerprint density at radius 2 is 2.20 bits per heavy atom. The van der Waals surface area contributed by atoms with E-state index in [1.54, 1.807) is 6.07 Å². The Kier molecular flexibility index (Phi) is 3.77. The highest BCUT2D eigenvalue weighted by Gasteiger charge is 2.22. The van der Waals surface area contributed by atoms with Crippen molar-refractivity contribution in [3.63, 3.8) is 0 Å². The zero-order chi connectivity index (χ0) is 14.8. The Labute approximate surface area is 114 Å². The molecule has 0 fully saturated rings. The van der Waals surface area contributed by atoms with Crippen LogP contribution in [-0.4, -0.2) is 46.2 Å². The second-order valence-corrected chi connectivity index (χ2v) is 5.66. The molecule has 1 aromatic heterocycles. The van der Waals surface area contributed by atoms with Crippen molar-refractivity contribution in [2.75, 3.05) is 0 Å². The molecule has 0 spiro atoms. The van der Waals surface area contributed by atoms with Crippen LogP contribution in [0.1, 0.15) is 6.92 Å². The molecule has 0 aliphatic rings. The summed E-state index contributed by atoms with van der Waals surface area (Å²) in [5.41, 5.74) is 0.449. The highest BCUT2D eigenvalue weighted by atomic mass is 32.2. The fourth-order valence-electron chi connectivity index (χ4n) is 1.44. The highest BCUT2D eigenvalue weighted by molar-refractivity contribution is 7.89. The van der Waals surface area contributed by atoms with E-state index in [9.17, 15) is 13.2 Å². The van der Waals surface area contributed by atoms with E-state index in [0.29, 0.717) is 5.56 Å². The van der Waals surface area contributed by atoms with Gasteiger partial charge in [0.1, 0.15) is 6.04 Å². The number of hydrogen-bond acceptors (Lipinski definition) is 6. The van der Waals surface area contributed by atoms with E-state index in [1.165, 1.54) is 25.1 Å². The number of aliphatic carboxylic acids is 1. The number of H-pyrrole nitrogens is 1. The van der Waals surface area contributed by atoms with E-state index in [0.717, 1.165) is 0 Å². The normalized spacial score (nSPS) is 13.1. The van der Waals surface area contributed by atoms with Gasteiger partial charge >= 0.3 is 5.97 Å². The molecule has 3 N–H and O–H groups in total. The van der Waals surface area contributed by atoms with E-state index in [2.05, 4.69) is 25.3 Å². The van der Waals surface area contributed by atoms with Crippen LogP contribution < -0.4 is 4.72 Å². The lowest BCUT2D eigenvalue weighted by molar-refractivity contribution is -0.138. The van der Waals surface area contributed by atoms with Crippen LogP contribution in [0.4, 0.5) is 0 Å². The first-order valence-corrected chi connectivity index (χ1v) is 6.97. The predicted octanol–water partition coefficient (Wildman–Crippen LogP) is -0.382. The number of rotatable bonds is 5. The minimum Gasteiger partial charge on any atom is -0.480 e. The first kappa shape index (κ1) is 14.1. The molecule has 10 heteroatoms. The van der Waals surface area contributed by atoms with Gasteiger partial charge in [-0.15, -0.1) is 10.2 Å². The van der Waals surface area contributed by atoms with Gasteiger partial charge in [0.05, 0.1) is 4.90 Å². The van der Waals surface area contributed by atoms with Crippen LogP contribution in [-0.2, 0) is 14.8 Å². The van der Waals surface area contributed by atoms with Crippen molar-refractivity contribution >= 4 is 16.0 Å². The maximum Gasteiger partial charge on any atom is 0.321 e. The maximum absolute atomic E-state index is 12.0. The van der Waals surface area contributed by atoms with Crippen LogP contribution in [0, 0.1) is 0 Å². The Bertz CT molecular complexity index is 713. The van der Waals surface area contributed by atoms with Crippen molar-refractivity contribution in [1.82, 2.24) is 25.3 Å². The van der Waals surface area contributed by atoms with Crippen molar-refractivity contribution < 1.29 is 18.3 Å². The fraction of sp³-hybridized carbons (Fsp3) is 0.200. The number of aromatic amines is 1. The molecule has 1 atom stereocenters. The quantitative estimate of drug-likeness (QED) is 0.683. The summed E-state index contributed by atoms with van der Waals surface area (Å²) in [6, 6.07) is 4.58. The van der Waals surface area contributed by atoms with Crippen molar-refractivity contribution in [3.8, 4) is 11.4 Å². The number of tetrazole rings is 1. The standard InChI is InChI=1S/C10H11N5O4S/c1-6(10(16)17)13-20(18,19)8-4-2-3-7(5-8)9-11-14-15-12-9/h2-6,13H,1H3,(H,16,17)(H,11,12,14,15)/t6-/m1/s1. The minimum absolute atomic E-state index is 0.0760. The third kappa shape index (κ3) is 2.97. The summed E-state index contributed by atoms with van der Waals surface area (Å²) in [5, 5.41) is 21.9. The highest BCUT2D eigenvalue weighted by Crippen LogP contribution is 2.18. The lowest BCUT2D eigenvalue weighted by Gasteiger charge is -2.10. The molecule has 0 amide bonds. The Hall–Kier alpha value is -2.33. The van der Waals surface area contributed by atoms with Gasteiger partial charge in [0.15, 0.2) is 0 Å². The molecule has 20 heavy (non-hydrogen) atoms. The third-order valence-corrected chi connectivity index (χ3v) is 3.99. The smallest absolute Gasteiger partial charge is 0.321 e. The van der Waals surface area contributed by atoms with Crippen molar-refractivity contribution in [2.45, 2.75) is 17.9 Å². The third-order valence-electron chi connectivity index (χ3n) is 2.45. The molecule has 2 rings (SSSR count). The molecular formula is C10H11N5O4S. The molecule has 0 unspecified atom stereocenters. The summed E-state index contributed by atoms with van der Waals surface area (Å²) >= 11 is 0. The van der Waals surface area contributed by atoms with Crippen LogP contribution in [0.2, 0.25) is 0 Å². The van der Waals surface area contributed by atoms with Crippen molar-refractivity contribution in [3.05, 3.63) is 24.3 Å². The van der Waals surface area contributed by atoms with Crippen LogP contribution in [0.25, 0.3) is 11.4 Å². The molecule has 0 bridgehead atoms. The summed E-state index contributed by atoms with van der Waals surface area (Å²) in [5.74, 6) is -1.02. The van der Waals surface area contributed by atoms with E-state index < -0.39 is 22.0 Å². The summed E-state index contributed by atoms with van der Waals surface area (Å²) in [4.78, 5) is 10.6. The lowest BCUT2D eigenvalue weighted by Crippen LogP contribution is -2.38. The van der Waals surface area contributed by atoms with E-state index >= 15 is 0 Å². The van der Waals surface area contributed by atoms with Crippen LogP contribution in [0.3, 0.4) is 0 Å². The van der Waals surface area contributed by atoms with Gasteiger partial charge < -0.3 is 5.11 Å². The summed E-state index contributed by atoms with van der Waals surface area (Å²) < 4.78 is 26.1. The number of carbonyl (C=O) groups is 1. The second kappa shape index (κ2) is 5.35. The minimum atomic E-state index is -3.94. The average Bonchev–Trinajstić information content (AvgIpc) is 2.92. The average molecular weight is 297 g/mol. The summed E-state index contributed by atoms with van der Waals surface area (Å²) in [6.07, 6.45) is 0. The van der Waals surface area contributed by atoms with Gasteiger partial charge in [-0.1, -0.05) is 12.1 Å². The number of sulfonamides is 1. The van der Waals surface area contributed by atoms with E-state index in [1.807, 2.05) is 0 Å². The van der Waals surface area contributed by atoms with Gasteiger partial charge in [-0.2, -0.15) is 9.94 Å². The second-order valence-electron chi connectivity index (χ2n) is 3.94. The lowest BCUT2D eigenvalue weighted by atomic mass is 10.2. The largest absolute Gasteiger partial charge is 0.480 e. The topological polar surface area (TPSA) is 138 Å². The zero-order valence-electron chi connectivity index (χ0n) is 10.3. The van der Waals surface area contributed by atoms with Gasteiger partial charge in [-0.3, -0.25) is 4.79 Å². The first-order valence-electron chi connectivity index (χ1n) is 5.49. The molecule has 0 saturated carbocycles. The number of nitrogens with zero attached hydrogens (tertiary/aromatic N) is 3. The van der Waals surface area contributed by atoms with Crippen LogP contribution >= 0.6 is 0 Å². The van der Waals surface area contributed by atoms with Crippen molar-refractivity contribution in [2.24, 2.45) is 0 Å². The van der Waals surface area contributed by atoms with Crippen molar-refractivity contribution in [1.29, 1.82) is 0 Å². The molecule has 1 heterocycles. The number of carboxylic acids is 1. The monoisotopic (exact) mass is 297 g/mol. The molecule has 0 aliphatic heterocycles. The molecule has 0 radical (unpaired) electrons. The van der Waals surface area contributed by atoms with Gasteiger partial charge in [0.2, 0.25) is 15.8 Å². The van der Waals surface area contributed by atoms with Gasteiger partial charge in [-0.25, -0.2) is 8.42 Å². The summed E-state index contributed by atoms with van der Waals surface area (Å²) in [7, 11) is -3.94. The SMILES string of the molecule is C[C@@H](NS(=O)(=O)c1cccc(-c2nn[nH]n2)c1)C(=O)O. The summed E-state index contributed by atoms with van der Waals surface area (Å²) in [6.45, 7) is 1.24. The molecular weight excluding hydrogens is 286 g/mol. The predicted molar refractivity (Wildman–Crippen MR) is 67.0 cm³/mol. The number of nitrogens with one attached hydrogen (secondary N) is 2. The number of benzene rings is 1. The number of aromatic nitrogens is 4. The Morgan fingerprint density at radius 1 is 1.45 bits per heavy atom. The molecule has 0 saturated heterocycles. The van der Waals surface area contributed by atoms with Crippen LogP contribution in [0.5, 0.6) is 0 Å². The van der Waals surface area contributed by atoms with Gasteiger partial charge in [0, 0.05) is 5.56 Å². The Balaban J connectivity index is 2.33. The molecule has 2 aromatic rings. The number of hydrogen-bond donors (Lipinski definition) is 3. The zero-order valence-corrected chi connectivity index (χ0v) is 11.1. The Morgan fingerprint density at radius 3 is 2.80 bits per heavy atom. The molecule has 0 aliphatic carbocycles. The van der Waals surface area contributed by atoms with Crippen LogP contribution in [0.15, 0.2) is 29.2 Å². The number of carboxylic acid groups (broad SMARTS) is 1. The van der Waals surface area contributed by atoms with Gasteiger partial charge in [-0.05, 0) is 24.3 Å². The fourth-order valence-corrected chi connectivity index (χ4v) is 2.68. The maximum atomic E-state index is 12.0. The van der Waals surface area contributed by atoms with E-state index in [4.69, 9.17) is 5.11 Å². The molecule has 106 valence electrons.